The van der Waals surface area contributed by atoms with E-state index in [1.165, 1.54) is 5.56 Å². The molecule has 2 N–H and O–H groups in total. The number of nitrogens with two attached hydrogens (primary N) is 1. The lowest BCUT2D eigenvalue weighted by Crippen LogP contribution is -2.02. The molecule has 0 aliphatic rings. The highest BCUT2D eigenvalue weighted by molar-refractivity contribution is 5.74. The summed E-state index contributed by atoms with van der Waals surface area (Å²) in [6, 6.07) is 13.9. The second kappa shape index (κ2) is 4.77. The molecule has 0 saturated heterocycles. The number of anilines is 1. The molecule has 0 atom stereocenters. The molecule has 3 aromatic rings. The summed E-state index contributed by atoms with van der Waals surface area (Å²) in [7, 11) is 0. The molecule has 20 heavy (non-hydrogen) atoms. The summed E-state index contributed by atoms with van der Waals surface area (Å²) < 4.78 is 1.70. The summed E-state index contributed by atoms with van der Waals surface area (Å²) in [4.78, 5) is 0. The maximum absolute atomic E-state index is 6.14. The van der Waals surface area contributed by atoms with Gasteiger partial charge >= 0.3 is 0 Å². The molecule has 0 aliphatic heterocycles. The highest BCUT2D eigenvalue weighted by atomic mass is 15.5. The molecule has 0 fully saturated rings. The Kier molecular flexibility index (Phi) is 2.95. The number of aromatic nitrogens is 4. The number of rotatable bonds is 2. The molecule has 1 heterocycles. The lowest BCUT2D eigenvalue weighted by atomic mass is 10.1. The minimum Gasteiger partial charge on any atom is -0.398 e. The van der Waals surface area contributed by atoms with Gasteiger partial charge in [-0.1, -0.05) is 29.8 Å². The second-order valence-corrected chi connectivity index (χ2v) is 4.79. The van der Waals surface area contributed by atoms with Gasteiger partial charge in [0.05, 0.1) is 5.69 Å². The quantitative estimate of drug-likeness (QED) is 0.723. The van der Waals surface area contributed by atoms with Crippen molar-refractivity contribution in [1.82, 2.24) is 20.2 Å². The number of nitrogens with zero attached hydrogens (tertiary/aromatic N) is 4. The minimum absolute atomic E-state index is 0.648. The van der Waals surface area contributed by atoms with E-state index < -0.39 is 0 Å². The van der Waals surface area contributed by atoms with Gasteiger partial charge in [-0.2, -0.15) is 4.68 Å². The van der Waals surface area contributed by atoms with Crippen molar-refractivity contribution in [2.75, 3.05) is 5.73 Å². The molecule has 0 unspecified atom stereocenters. The number of para-hydroxylation sites is 1. The Balaban J connectivity index is 2.15. The van der Waals surface area contributed by atoms with Crippen molar-refractivity contribution in [2.24, 2.45) is 0 Å². The van der Waals surface area contributed by atoms with Crippen molar-refractivity contribution in [1.29, 1.82) is 0 Å². The average molecular weight is 265 g/mol. The molecule has 0 bridgehead atoms. The first kappa shape index (κ1) is 12.3. The van der Waals surface area contributed by atoms with Crippen LogP contribution in [-0.2, 0) is 0 Å². The molecular weight excluding hydrogens is 250 g/mol. The number of benzene rings is 2. The van der Waals surface area contributed by atoms with Crippen LogP contribution in [0.25, 0.3) is 17.1 Å². The van der Waals surface area contributed by atoms with Crippen LogP contribution in [0.3, 0.4) is 0 Å². The van der Waals surface area contributed by atoms with Crippen molar-refractivity contribution in [3.8, 4) is 17.1 Å². The summed E-state index contributed by atoms with van der Waals surface area (Å²) in [5, 5.41) is 11.9. The van der Waals surface area contributed by atoms with Crippen LogP contribution in [-0.4, -0.2) is 20.2 Å². The Bertz CT molecular complexity index is 743. The van der Waals surface area contributed by atoms with E-state index in [2.05, 4.69) is 15.5 Å². The number of hydrogen-bond acceptors (Lipinski definition) is 4. The largest absolute Gasteiger partial charge is 0.398 e. The highest BCUT2D eigenvalue weighted by Gasteiger charge is 2.14. The lowest BCUT2D eigenvalue weighted by Gasteiger charge is -2.08. The zero-order valence-electron chi connectivity index (χ0n) is 11.4. The third-order valence-corrected chi connectivity index (χ3v) is 3.31. The van der Waals surface area contributed by atoms with E-state index >= 15 is 0 Å². The van der Waals surface area contributed by atoms with Crippen LogP contribution in [0, 0.1) is 13.8 Å². The fourth-order valence-corrected chi connectivity index (χ4v) is 2.09. The lowest BCUT2D eigenvalue weighted by molar-refractivity contribution is 0.791. The van der Waals surface area contributed by atoms with E-state index in [9.17, 15) is 0 Å². The molecule has 3 rings (SSSR count). The molecule has 5 heteroatoms. The number of hydrogen-bond donors (Lipinski definition) is 1. The van der Waals surface area contributed by atoms with Gasteiger partial charge in [-0.05, 0) is 48.0 Å². The smallest absolute Gasteiger partial charge is 0.189 e. The van der Waals surface area contributed by atoms with Gasteiger partial charge in [0.15, 0.2) is 5.82 Å². The van der Waals surface area contributed by atoms with Crippen molar-refractivity contribution < 1.29 is 0 Å². The van der Waals surface area contributed by atoms with Crippen molar-refractivity contribution in [2.45, 2.75) is 13.8 Å². The van der Waals surface area contributed by atoms with Gasteiger partial charge in [0, 0.05) is 11.3 Å². The van der Waals surface area contributed by atoms with E-state index in [1.54, 1.807) is 4.68 Å². The standard InChI is InChI=1S/C15H15N5/c1-10-6-8-12(9-7-10)20-15(17-18-19-20)13-5-3-4-11(2)14(13)16/h3-9H,16H2,1-2H3. The average Bonchev–Trinajstić information content (AvgIpc) is 2.92. The van der Waals surface area contributed by atoms with Crippen molar-refractivity contribution in [3.05, 3.63) is 53.6 Å². The summed E-state index contributed by atoms with van der Waals surface area (Å²) in [6.07, 6.45) is 0. The molecule has 2 aromatic carbocycles. The van der Waals surface area contributed by atoms with Crippen molar-refractivity contribution in [3.63, 3.8) is 0 Å². The second-order valence-electron chi connectivity index (χ2n) is 4.79. The van der Waals surface area contributed by atoms with Crippen LogP contribution in [0.5, 0.6) is 0 Å². The van der Waals surface area contributed by atoms with Gasteiger partial charge in [-0.15, -0.1) is 5.10 Å². The Labute approximate surface area is 117 Å². The topological polar surface area (TPSA) is 69.6 Å². The fourth-order valence-electron chi connectivity index (χ4n) is 2.09. The maximum atomic E-state index is 6.14. The van der Waals surface area contributed by atoms with E-state index in [0.29, 0.717) is 11.5 Å². The van der Waals surface area contributed by atoms with Crippen LogP contribution in [0.15, 0.2) is 42.5 Å². The Morgan fingerprint density at radius 2 is 1.75 bits per heavy atom. The third-order valence-electron chi connectivity index (χ3n) is 3.31. The molecular formula is C15H15N5. The van der Waals surface area contributed by atoms with E-state index in [4.69, 9.17) is 5.73 Å². The van der Waals surface area contributed by atoms with Crippen molar-refractivity contribution >= 4 is 5.69 Å². The summed E-state index contributed by atoms with van der Waals surface area (Å²) in [5.74, 6) is 0.648. The molecule has 0 aliphatic carbocycles. The molecule has 0 spiro atoms. The third kappa shape index (κ3) is 2.03. The van der Waals surface area contributed by atoms with Crippen LogP contribution < -0.4 is 5.73 Å². The van der Waals surface area contributed by atoms with Gasteiger partial charge in [0.1, 0.15) is 0 Å². The highest BCUT2D eigenvalue weighted by Crippen LogP contribution is 2.27. The van der Waals surface area contributed by atoms with E-state index in [-0.39, 0.29) is 0 Å². The normalized spacial score (nSPS) is 10.7. The molecule has 0 amide bonds. The fraction of sp³-hybridized carbons (Fsp3) is 0.133. The molecule has 0 saturated carbocycles. The number of nitrogen functional groups attached to an aromatic ring is 1. The molecule has 100 valence electrons. The first-order valence-corrected chi connectivity index (χ1v) is 6.37. The molecule has 0 radical (unpaired) electrons. The molecule has 5 nitrogen and oxygen atoms in total. The first-order chi connectivity index (χ1) is 9.66. The van der Waals surface area contributed by atoms with E-state index in [0.717, 1.165) is 16.8 Å². The van der Waals surface area contributed by atoms with E-state index in [1.807, 2.05) is 56.3 Å². The van der Waals surface area contributed by atoms with Crippen LogP contribution in [0.2, 0.25) is 0 Å². The van der Waals surface area contributed by atoms with Gasteiger partial charge in [0.2, 0.25) is 0 Å². The summed E-state index contributed by atoms with van der Waals surface area (Å²) in [6.45, 7) is 4.02. The SMILES string of the molecule is Cc1ccc(-n2nnnc2-c2cccc(C)c2N)cc1. The summed E-state index contributed by atoms with van der Waals surface area (Å²) >= 11 is 0. The van der Waals surface area contributed by atoms with Gasteiger partial charge < -0.3 is 5.73 Å². The minimum atomic E-state index is 0.648. The Morgan fingerprint density at radius 1 is 1.00 bits per heavy atom. The molecule has 1 aromatic heterocycles. The first-order valence-electron chi connectivity index (χ1n) is 6.37. The van der Waals surface area contributed by atoms with Gasteiger partial charge in [-0.3, -0.25) is 0 Å². The van der Waals surface area contributed by atoms with Crippen LogP contribution in [0.4, 0.5) is 5.69 Å². The predicted molar refractivity (Wildman–Crippen MR) is 78.5 cm³/mol. The Morgan fingerprint density at radius 3 is 2.50 bits per heavy atom. The predicted octanol–water partition coefficient (Wildman–Crippen LogP) is 2.53. The Hall–Kier alpha value is -2.69. The zero-order chi connectivity index (χ0) is 14.1. The van der Waals surface area contributed by atoms with Crippen LogP contribution >= 0.6 is 0 Å². The monoisotopic (exact) mass is 265 g/mol. The maximum Gasteiger partial charge on any atom is 0.189 e. The number of tetrazole rings is 1. The number of aryl methyl sites for hydroxylation is 2. The summed E-state index contributed by atoms with van der Waals surface area (Å²) in [5.41, 5.74) is 10.8. The zero-order valence-corrected chi connectivity index (χ0v) is 11.4. The van der Waals surface area contributed by atoms with Crippen LogP contribution in [0.1, 0.15) is 11.1 Å². The van der Waals surface area contributed by atoms with Gasteiger partial charge in [-0.25, -0.2) is 0 Å². The van der Waals surface area contributed by atoms with Gasteiger partial charge in [0.25, 0.3) is 0 Å².